The molecule has 1 heterocycles. The van der Waals surface area contributed by atoms with Crippen LogP contribution >= 0.6 is 0 Å². The minimum Gasteiger partial charge on any atom is -0.208 e. The van der Waals surface area contributed by atoms with Gasteiger partial charge in [0, 0.05) is 16.7 Å². The number of rotatable bonds is 5. The van der Waals surface area contributed by atoms with E-state index in [1.807, 2.05) is 18.2 Å². The predicted molar refractivity (Wildman–Crippen MR) is 206 cm³/mol. The van der Waals surface area contributed by atoms with E-state index in [9.17, 15) is 0 Å². The maximum atomic E-state index is 5.02. The first kappa shape index (κ1) is 28.8. The first-order chi connectivity index (χ1) is 24.8. The molecule has 3 heteroatoms. The quantitative estimate of drug-likeness (QED) is 0.188. The number of allylic oxidation sites excluding steroid dienone is 4. The molecule has 7 aromatic rings. The summed E-state index contributed by atoms with van der Waals surface area (Å²) in [6, 6.07) is 46.2. The predicted octanol–water partition coefficient (Wildman–Crippen LogP) is 9.71. The molecule has 0 saturated carbocycles. The van der Waals surface area contributed by atoms with E-state index in [0.29, 0.717) is 17.5 Å². The molecule has 6 aromatic carbocycles. The highest BCUT2D eigenvalue weighted by molar-refractivity contribution is 6.05. The van der Waals surface area contributed by atoms with Crippen LogP contribution in [0.2, 0.25) is 0 Å². The zero-order chi connectivity index (χ0) is 33.0. The molecule has 236 valence electrons. The second kappa shape index (κ2) is 11.7. The van der Waals surface area contributed by atoms with Crippen LogP contribution in [0.4, 0.5) is 0 Å². The average Bonchev–Trinajstić information content (AvgIpc) is 3.87. The van der Waals surface area contributed by atoms with Gasteiger partial charge in [-0.25, -0.2) is 15.0 Å². The number of fused-ring (bicyclic) bond motifs is 6. The van der Waals surface area contributed by atoms with Gasteiger partial charge in [-0.05, 0) is 110 Å². The van der Waals surface area contributed by atoms with E-state index in [1.165, 1.54) is 60.2 Å². The van der Waals surface area contributed by atoms with Gasteiger partial charge in [-0.15, -0.1) is 0 Å². The Hall–Kier alpha value is -6.19. The standard InChI is InChI=1S/C47H33N3/c1-2-13-31(14-3-1)45-48-46(32-15-4-5-16-32)50-47(49-45)36-19-10-18-33(26-36)42-29-44-41-27-34(38-23-11-17-30-12-6-7-20-37(30)38)24-25-35(41)28-43(44)40-22-9-8-21-39(40)42/h1-4,6-10,12-22,24-27,29H,5,11,23,28H2. The van der Waals surface area contributed by atoms with Crippen molar-refractivity contribution >= 4 is 28.0 Å². The summed E-state index contributed by atoms with van der Waals surface area (Å²) < 4.78 is 0. The van der Waals surface area contributed by atoms with Crippen molar-refractivity contribution in [2.24, 2.45) is 0 Å². The Labute approximate surface area is 291 Å². The maximum absolute atomic E-state index is 5.02. The molecule has 0 bridgehead atoms. The van der Waals surface area contributed by atoms with Crippen LogP contribution in [0.5, 0.6) is 0 Å². The monoisotopic (exact) mass is 639 g/mol. The minimum absolute atomic E-state index is 0.680. The van der Waals surface area contributed by atoms with Gasteiger partial charge in [-0.1, -0.05) is 133 Å². The first-order valence-electron chi connectivity index (χ1n) is 17.5. The molecule has 0 amide bonds. The number of aromatic nitrogens is 3. The first-order valence-corrected chi connectivity index (χ1v) is 17.5. The molecule has 0 fully saturated rings. The van der Waals surface area contributed by atoms with Gasteiger partial charge >= 0.3 is 0 Å². The third-order valence-electron chi connectivity index (χ3n) is 10.4. The van der Waals surface area contributed by atoms with Crippen LogP contribution in [0.15, 0.2) is 146 Å². The summed E-state index contributed by atoms with van der Waals surface area (Å²) >= 11 is 0. The molecule has 0 aliphatic heterocycles. The molecule has 0 atom stereocenters. The highest BCUT2D eigenvalue weighted by Gasteiger charge is 2.24. The van der Waals surface area contributed by atoms with Gasteiger partial charge in [0.15, 0.2) is 17.5 Å². The van der Waals surface area contributed by atoms with Gasteiger partial charge in [-0.3, -0.25) is 0 Å². The summed E-state index contributed by atoms with van der Waals surface area (Å²) in [6.45, 7) is 0. The Morgan fingerprint density at radius 2 is 1.26 bits per heavy atom. The third-order valence-corrected chi connectivity index (χ3v) is 10.4. The van der Waals surface area contributed by atoms with Gasteiger partial charge in [0.05, 0.1) is 0 Å². The lowest BCUT2D eigenvalue weighted by Crippen LogP contribution is -2.29. The van der Waals surface area contributed by atoms with Crippen molar-refractivity contribution in [3.63, 3.8) is 0 Å². The minimum atomic E-state index is 0.680. The summed E-state index contributed by atoms with van der Waals surface area (Å²) in [5.74, 6) is 2.07. The molecule has 0 N–H and O–H groups in total. The number of benzene rings is 6. The van der Waals surface area contributed by atoms with Crippen molar-refractivity contribution < 1.29 is 0 Å². The van der Waals surface area contributed by atoms with Crippen LogP contribution in [0.25, 0.3) is 73.0 Å². The zero-order valence-corrected chi connectivity index (χ0v) is 27.6. The van der Waals surface area contributed by atoms with E-state index in [-0.39, 0.29) is 0 Å². The number of hydrogen-bond donors (Lipinski definition) is 0. The SMILES string of the molecule is C1=CC(c2nc(-c3ccccc3)nc(-c3cccc(-c4cc5c(c6ccccc46)Cc4ccc(C6=c7ccccc7=CCC6)cc4-5)c3)n2)=CC1. The smallest absolute Gasteiger partial charge is 0.164 e. The highest BCUT2D eigenvalue weighted by Crippen LogP contribution is 2.45. The zero-order valence-electron chi connectivity index (χ0n) is 27.6. The highest BCUT2D eigenvalue weighted by atomic mass is 15.0. The molecule has 3 aliphatic rings. The summed E-state index contributed by atoms with van der Waals surface area (Å²) in [7, 11) is 0. The molecule has 50 heavy (non-hydrogen) atoms. The summed E-state index contributed by atoms with van der Waals surface area (Å²) in [5, 5.41) is 5.30. The maximum Gasteiger partial charge on any atom is 0.164 e. The van der Waals surface area contributed by atoms with Crippen LogP contribution in [0.3, 0.4) is 0 Å². The molecule has 3 aliphatic carbocycles. The lowest BCUT2D eigenvalue weighted by Gasteiger charge is -2.15. The average molecular weight is 640 g/mol. The lowest BCUT2D eigenvalue weighted by molar-refractivity contribution is 1.04. The van der Waals surface area contributed by atoms with Gasteiger partial charge < -0.3 is 0 Å². The van der Waals surface area contributed by atoms with Gasteiger partial charge in [-0.2, -0.15) is 0 Å². The second-order valence-electron chi connectivity index (χ2n) is 13.4. The lowest BCUT2D eigenvalue weighted by atomic mass is 9.89. The van der Waals surface area contributed by atoms with Gasteiger partial charge in [0.25, 0.3) is 0 Å². The number of nitrogens with zero attached hydrogens (tertiary/aromatic N) is 3. The van der Waals surface area contributed by atoms with Gasteiger partial charge in [0.2, 0.25) is 0 Å². The van der Waals surface area contributed by atoms with Crippen LogP contribution in [-0.2, 0) is 6.42 Å². The fourth-order valence-corrected chi connectivity index (χ4v) is 8.02. The van der Waals surface area contributed by atoms with Crippen molar-refractivity contribution in [1.82, 2.24) is 15.0 Å². The molecular weight excluding hydrogens is 607 g/mol. The van der Waals surface area contributed by atoms with Crippen LogP contribution < -0.4 is 10.4 Å². The van der Waals surface area contributed by atoms with Crippen LogP contribution in [0, 0.1) is 0 Å². The molecule has 3 nitrogen and oxygen atoms in total. The van der Waals surface area contributed by atoms with Crippen molar-refractivity contribution in [3.05, 3.63) is 179 Å². The Morgan fingerprint density at radius 3 is 2.14 bits per heavy atom. The van der Waals surface area contributed by atoms with Crippen molar-refractivity contribution in [2.75, 3.05) is 0 Å². The second-order valence-corrected chi connectivity index (χ2v) is 13.4. The van der Waals surface area contributed by atoms with E-state index in [4.69, 9.17) is 15.0 Å². The third kappa shape index (κ3) is 4.85. The molecule has 1 aromatic heterocycles. The Bertz CT molecular complexity index is 2700. The molecule has 0 spiro atoms. The summed E-state index contributed by atoms with van der Waals surface area (Å²) in [6.07, 6.45) is 12.8. The van der Waals surface area contributed by atoms with E-state index in [0.717, 1.165) is 47.9 Å². The van der Waals surface area contributed by atoms with Crippen molar-refractivity contribution in [3.8, 4) is 45.0 Å². The Kier molecular flexibility index (Phi) is 6.76. The molecule has 0 saturated heterocycles. The van der Waals surface area contributed by atoms with E-state index in [2.05, 4.69) is 133 Å². The summed E-state index contributed by atoms with van der Waals surface area (Å²) in [4.78, 5) is 14.9. The van der Waals surface area contributed by atoms with Crippen LogP contribution in [0.1, 0.15) is 41.8 Å². The van der Waals surface area contributed by atoms with Crippen molar-refractivity contribution in [1.29, 1.82) is 0 Å². The van der Waals surface area contributed by atoms with E-state index < -0.39 is 0 Å². The molecule has 0 unspecified atom stereocenters. The fourth-order valence-electron chi connectivity index (χ4n) is 8.02. The van der Waals surface area contributed by atoms with Crippen LogP contribution in [-0.4, -0.2) is 15.0 Å². The normalized spacial score (nSPS) is 14.2. The number of hydrogen-bond acceptors (Lipinski definition) is 3. The Balaban J connectivity index is 1.13. The van der Waals surface area contributed by atoms with Gasteiger partial charge in [0.1, 0.15) is 0 Å². The van der Waals surface area contributed by atoms with Crippen molar-refractivity contribution in [2.45, 2.75) is 25.7 Å². The summed E-state index contributed by atoms with van der Waals surface area (Å²) in [5.41, 5.74) is 13.7. The van der Waals surface area contributed by atoms with E-state index in [1.54, 1.807) is 0 Å². The topological polar surface area (TPSA) is 38.7 Å². The fraction of sp³-hybridized carbons (Fsp3) is 0.0851. The van der Waals surface area contributed by atoms with E-state index >= 15 is 0 Å². The Morgan fingerprint density at radius 1 is 0.500 bits per heavy atom. The largest absolute Gasteiger partial charge is 0.208 e. The molecular formula is C47H33N3. The molecule has 10 rings (SSSR count). The molecule has 0 radical (unpaired) electrons.